The Balaban J connectivity index is 3.69. The second kappa shape index (κ2) is 6.47. The van der Waals surface area contributed by atoms with E-state index in [1.165, 1.54) is 0 Å². The number of alkyl carbamates (subject to hydrolysis) is 2. The maximum atomic E-state index is 11.2. The van der Waals surface area contributed by atoms with Crippen molar-refractivity contribution >= 4 is 12.2 Å². The van der Waals surface area contributed by atoms with Gasteiger partial charge in [-0.1, -0.05) is 0 Å². The molecule has 0 heterocycles. The number of rotatable bonds is 3. The Kier molecular flexibility index (Phi) is 5.94. The molecule has 0 atom stereocenters. The summed E-state index contributed by atoms with van der Waals surface area (Å²) < 4.78 is 9.69. The van der Waals surface area contributed by atoms with E-state index in [0.717, 1.165) is 0 Å². The molecule has 0 aromatic heterocycles. The Hall–Kier alpha value is -1.46. The monoisotopic (exact) mass is 260 g/mol. The average molecular weight is 260 g/mol. The van der Waals surface area contributed by atoms with Gasteiger partial charge in [0.2, 0.25) is 0 Å². The van der Waals surface area contributed by atoms with Gasteiger partial charge in [-0.15, -0.1) is 0 Å². The van der Waals surface area contributed by atoms with Crippen LogP contribution in [0.4, 0.5) is 9.59 Å². The van der Waals surface area contributed by atoms with Gasteiger partial charge in [0.05, 0.1) is 0 Å². The normalized spacial score (nSPS) is 11.7. The van der Waals surface area contributed by atoms with Gasteiger partial charge in [-0.3, -0.25) is 0 Å². The highest BCUT2D eigenvalue weighted by Gasteiger charge is 2.16. The van der Waals surface area contributed by atoms with E-state index in [0.29, 0.717) is 0 Å². The van der Waals surface area contributed by atoms with Crippen LogP contribution in [0.3, 0.4) is 0 Å². The molecule has 2 N–H and O–H groups in total. The molecule has 0 rings (SSSR count). The lowest BCUT2D eigenvalue weighted by Gasteiger charge is -2.21. The molecule has 0 aliphatic heterocycles. The predicted octanol–water partition coefficient (Wildman–Crippen LogP) is 2.04. The number of carbonyl (C=O) groups excluding carboxylic acids is 2. The van der Waals surface area contributed by atoms with Crippen LogP contribution in [0.25, 0.3) is 0 Å². The van der Waals surface area contributed by atoms with Crippen LogP contribution in [-0.4, -0.2) is 36.5 Å². The van der Waals surface area contributed by atoms with E-state index in [1.54, 1.807) is 0 Å². The van der Waals surface area contributed by atoms with Crippen LogP contribution in [0.2, 0.25) is 0 Å². The van der Waals surface area contributed by atoms with E-state index in [4.69, 9.17) is 9.47 Å². The van der Waals surface area contributed by atoms with E-state index in [2.05, 4.69) is 10.6 Å². The fraction of sp³-hybridized carbons (Fsp3) is 0.833. The van der Waals surface area contributed by atoms with Crippen molar-refractivity contribution in [2.45, 2.75) is 52.6 Å². The first-order valence-corrected chi connectivity index (χ1v) is 5.89. The fourth-order valence-electron chi connectivity index (χ4n) is 0.953. The number of amides is 2. The molecule has 0 aromatic carbocycles. The summed E-state index contributed by atoms with van der Waals surface area (Å²) in [4.78, 5) is 22.5. The van der Waals surface area contributed by atoms with Gasteiger partial charge >= 0.3 is 12.2 Å². The number of carbonyl (C=O) groups is 2. The number of hydrogen-bond acceptors (Lipinski definition) is 4. The minimum atomic E-state index is -0.526. The van der Waals surface area contributed by atoms with Crippen LogP contribution >= 0.6 is 0 Å². The third-order valence-corrected chi connectivity index (χ3v) is 1.50. The Morgan fingerprint density at radius 1 is 0.778 bits per heavy atom. The Labute approximate surface area is 108 Å². The van der Waals surface area contributed by atoms with E-state index < -0.39 is 12.2 Å². The van der Waals surface area contributed by atoms with E-state index in [1.807, 2.05) is 41.5 Å². The Morgan fingerprint density at radius 2 is 1.06 bits per heavy atom. The summed E-state index contributed by atoms with van der Waals surface area (Å²) in [5, 5.41) is 5.26. The smallest absolute Gasteiger partial charge is 0.407 e. The molecule has 0 aliphatic rings. The van der Waals surface area contributed by atoms with E-state index in [9.17, 15) is 9.59 Å². The van der Waals surface area contributed by atoms with Crippen molar-refractivity contribution in [3.05, 3.63) is 0 Å². The maximum absolute atomic E-state index is 11.2. The van der Waals surface area contributed by atoms with Crippen LogP contribution in [0.1, 0.15) is 41.5 Å². The first kappa shape index (κ1) is 16.5. The number of ether oxygens (including phenoxy) is 2. The molecule has 0 aromatic rings. The van der Waals surface area contributed by atoms with Crippen LogP contribution < -0.4 is 10.6 Å². The zero-order valence-electron chi connectivity index (χ0n) is 12.0. The van der Waals surface area contributed by atoms with Crippen molar-refractivity contribution in [2.75, 3.05) is 13.2 Å². The van der Waals surface area contributed by atoms with Crippen molar-refractivity contribution in [2.24, 2.45) is 0 Å². The lowest BCUT2D eigenvalue weighted by atomic mass is 10.1. The van der Waals surface area contributed by atoms with Crippen LogP contribution in [0.15, 0.2) is 0 Å². The Bertz CT molecular complexity index is 259. The van der Waals surface area contributed by atoms with Crippen molar-refractivity contribution in [1.29, 1.82) is 0 Å². The first-order valence-electron chi connectivity index (χ1n) is 5.89. The van der Waals surface area contributed by atoms with Crippen molar-refractivity contribution in [3.8, 4) is 0 Å². The molecule has 0 saturated heterocycles. The summed E-state index contributed by atoms with van der Waals surface area (Å²) in [6, 6.07) is 0. The number of nitrogens with one attached hydrogen (secondary N) is 2. The van der Waals surface area contributed by atoms with Gasteiger partial charge in [-0.2, -0.15) is 0 Å². The summed E-state index contributed by atoms with van der Waals surface area (Å²) in [7, 11) is 0. The van der Waals surface area contributed by atoms with Gasteiger partial charge in [0.25, 0.3) is 0 Å². The lowest BCUT2D eigenvalue weighted by Crippen LogP contribution is -2.42. The minimum Gasteiger partial charge on any atom is -0.446 e. The molecule has 0 radical (unpaired) electrons. The molecular weight excluding hydrogens is 236 g/mol. The molecule has 0 bridgehead atoms. The van der Waals surface area contributed by atoms with Crippen LogP contribution in [-0.2, 0) is 9.47 Å². The average Bonchev–Trinajstić information content (AvgIpc) is 2.06. The third kappa shape index (κ3) is 11.0. The molecule has 0 aliphatic carbocycles. The second-order valence-corrected chi connectivity index (χ2v) is 6.02. The zero-order valence-corrected chi connectivity index (χ0v) is 12.0. The fourth-order valence-corrected chi connectivity index (χ4v) is 0.953. The van der Waals surface area contributed by atoms with Gasteiger partial charge in [0.15, 0.2) is 0 Å². The Morgan fingerprint density at radius 3 is 1.28 bits per heavy atom. The summed E-state index contributed by atoms with van der Waals surface area (Å²) in [5.41, 5.74) is -0.691. The molecule has 6 heteroatoms. The van der Waals surface area contributed by atoms with Gasteiger partial charge in [-0.25, -0.2) is 9.59 Å². The minimum absolute atomic E-state index is 0.0273. The maximum Gasteiger partial charge on any atom is 0.407 e. The number of hydrogen-bond donors (Lipinski definition) is 2. The predicted molar refractivity (Wildman–Crippen MR) is 68.5 cm³/mol. The molecule has 0 fully saturated rings. The highest BCUT2D eigenvalue weighted by atomic mass is 16.6. The molecule has 0 saturated carbocycles. The quantitative estimate of drug-likeness (QED) is 0.761. The largest absolute Gasteiger partial charge is 0.446 e. The standard InChI is InChI=1S/C12H24N2O4/c1-11(2,3)13-9(15)17-7-8-18-10(16)14-12(4,5)6/h7-8H2,1-6H3,(H,13,15)(H,14,16). The van der Waals surface area contributed by atoms with Gasteiger partial charge < -0.3 is 20.1 Å². The molecule has 0 spiro atoms. The highest BCUT2D eigenvalue weighted by Crippen LogP contribution is 2.00. The second-order valence-electron chi connectivity index (χ2n) is 6.02. The van der Waals surface area contributed by atoms with Gasteiger partial charge in [-0.05, 0) is 41.5 Å². The molecular formula is C12H24N2O4. The van der Waals surface area contributed by atoms with Crippen molar-refractivity contribution in [3.63, 3.8) is 0 Å². The van der Waals surface area contributed by atoms with Crippen molar-refractivity contribution in [1.82, 2.24) is 10.6 Å². The molecule has 106 valence electrons. The van der Waals surface area contributed by atoms with Gasteiger partial charge in [0.1, 0.15) is 13.2 Å². The van der Waals surface area contributed by atoms with Crippen LogP contribution in [0, 0.1) is 0 Å². The van der Waals surface area contributed by atoms with Crippen molar-refractivity contribution < 1.29 is 19.1 Å². The topological polar surface area (TPSA) is 76.7 Å². The third-order valence-electron chi connectivity index (χ3n) is 1.50. The van der Waals surface area contributed by atoms with E-state index >= 15 is 0 Å². The molecule has 0 unspecified atom stereocenters. The molecule has 6 nitrogen and oxygen atoms in total. The molecule has 18 heavy (non-hydrogen) atoms. The lowest BCUT2D eigenvalue weighted by molar-refractivity contribution is 0.0888. The summed E-state index contributed by atoms with van der Waals surface area (Å²) in [6.07, 6.45) is -1.05. The first-order chi connectivity index (χ1) is 7.99. The van der Waals surface area contributed by atoms with Crippen LogP contribution in [0.5, 0.6) is 0 Å². The summed E-state index contributed by atoms with van der Waals surface area (Å²) in [6.45, 7) is 11.1. The molecule has 2 amide bonds. The summed E-state index contributed by atoms with van der Waals surface area (Å²) >= 11 is 0. The summed E-state index contributed by atoms with van der Waals surface area (Å²) in [5.74, 6) is 0. The van der Waals surface area contributed by atoms with E-state index in [-0.39, 0.29) is 24.3 Å². The zero-order chi connectivity index (χ0) is 14.4. The van der Waals surface area contributed by atoms with Gasteiger partial charge in [0, 0.05) is 11.1 Å². The highest BCUT2D eigenvalue weighted by molar-refractivity contribution is 5.68. The SMILES string of the molecule is CC(C)(C)NC(=O)OCCOC(=O)NC(C)(C)C.